The van der Waals surface area contributed by atoms with E-state index in [0.29, 0.717) is 22.4 Å². The van der Waals surface area contributed by atoms with E-state index >= 15 is 0 Å². The van der Waals surface area contributed by atoms with Gasteiger partial charge in [-0.15, -0.1) is 0 Å². The van der Waals surface area contributed by atoms with Crippen LogP contribution in [0.2, 0.25) is 0 Å². The zero-order chi connectivity index (χ0) is 21.6. The summed E-state index contributed by atoms with van der Waals surface area (Å²) in [4.78, 5) is 13.7. The van der Waals surface area contributed by atoms with Gasteiger partial charge in [-0.05, 0) is 36.4 Å². The van der Waals surface area contributed by atoms with Crippen LogP contribution in [-0.2, 0) is 0 Å². The number of aliphatic hydroxyl groups is 2. The Kier molecular flexibility index (Phi) is 6.67. The maximum absolute atomic E-state index is 13.3. The monoisotopic (exact) mass is 457 g/mol. The van der Waals surface area contributed by atoms with Gasteiger partial charge in [0.05, 0.1) is 6.61 Å². The number of ether oxygens (including phenoxy) is 1. The van der Waals surface area contributed by atoms with Crippen molar-refractivity contribution in [2.24, 2.45) is 0 Å². The lowest BCUT2D eigenvalue weighted by molar-refractivity contribution is 0.0897. The van der Waals surface area contributed by atoms with Crippen LogP contribution in [0.5, 0.6) is 11.5 Å². The van der Waals surface area contributed by atoms with Crippen molar-refractivity contribution in [1.82, 2.24) is 19.3 Å². The largest absolute Gasteiger partial charge is 0.453 e. The second-order valence-corrected chi connectivity index (χ2v) is 7.97. The van der Waals surface area contributed by atoms with E-state index in [1.54, 1.807) is 18.5 Å². The van der Waals surface area contributed by atoms with Crippen molar-refractivity contribution >= 4 is 34.2 Å². The maximum Gasteiger partial charge on any atom is 0.208 e. The molecule has 0 radical (unpaired) electrons. The van der Waals surface area contributed by atoms with Crippen LogP contribution in [0, 0.1) is 5.82 Å². The number of halogens is 1. The first-order valence-electron chi connectivity index (χ1n) is 9.02. The van der Waals surface area contributed by atoms with Gasteiger partial charge in [-0.2, -0.15) is 4.37 Å². The Hall–Kier alpha value is -3.12. The molecule has 3 aromatic heterocycles. The number of rotatable bonds is 8. The number of nitrogens with zero attached hydrogens (tertiary/aromatic N) is 4. The van der Waals surface area contributed by atoms with Crippen LogP contribution >= 0.6 is 23.3 Å². The highest BCUT2D eigenvalue weighted by molar-refractivity contribution is 7.99. The molecule has 1 unspecified atom stereocenters. The van der Waals surface area contributed by atoms with Gasteiger partial charge in [0.15, 0.2) is 17.4 Å². The van der Waals surface area contributed by atoms with Crippen LogP contribution in [0.4, 0.5) is 15.3 Å². The maximum atomic E-state index is 13.3. The summed E-state index contributed by atoms with van der Waals surface area (Å²) in [6.45, 7) is -0.479. The summed E-state index contributed by atoms with van der Waals surface area (Å²) in [5.74, 6) is 0.910. The van der Waals surface area contributed by atoms with Gasteiger partial charge in [-0.3, -0.25) is 0 Å². The average molecular weight is 458 g/mol. The van der Waals surface area contributed by atoms with Crippen LogP contribution < -0.4 is 10.1 Å². The lowest BCUT2D eigenvalue weighted by Gasteiger charge is -2.12. The summed E-state index contributed by atoms with van der Waals surface area (Å²) in [5.41, 5.74) is 0. The topological polar surface area (TPSA) is 113 Å². The number of aromatic nitrogens is 4. The van der Waals surface area contributed by atoms with Crippen LogP contribution in [0.3, 0.4) is 0 Å². The molecule has 158 valence electrons. The molecule has 31 heavy (non-hydrogen) atoms. The second-order valence-electron chi connectivity index (χ2n) is 6.12. The third-order valence-electron chi connectivity index (χ3n) is 3.87. The van der Waals surface area contributed by atoms with Gasteiger partial charge >= 0.3 is 0 Å². The van der Waals surface area contributed by atoms with Crippen LogP contribution in [0.15, 0.2) is 70.8 Å². The molecule has 0 saturated carbocycles. The summed E-state index contributed by atoms with van der Waals surface area (Å²) in [5, 5.41) is 22.9. The first-order chi connectivity index (χ1) is 15.1. The van der Waals surface area contributed by atoms with E-state index in [1.807, 2.05) is 18.2 Å². The van der Waals surface area contributed by atoms with Crippen molar-refractivity contribution in [3.8, 4) is 11.5 Å². The van der Waals surface area contributed by atoms with Gasteiger partial charge < -0.3 is 20.3 Å². The molecule has 1 aromatic carbocycles. The highest BCUT2D eigenvalue weighted by atomic mass is 32.2. The number of nitrogens with one attached hydrogen (secondary N) is 1. The molecule has 1 atom stereocenters. The summed E-state index contributed by atoms with van der Waals surface area (Å²) < 4.78 is 23.2. The minimum Gasteiger partial charge on any atom is -0.453 e. The smallest absolute Gasteiger partial charge is 0.208 e. The number of anilines is 2. The number of pyridine rings is 2. The molecule has 0 aliphatic rings. The van der Waals surface area contributed by atoms with Gasteiger partial charge in [-0.25, -0.2) is 19.3 Å². The fourth-order valence-electron chi connectivity index (χ4n) is 2.42. The molecular weight excluding hydrogens is 441 g/mol. The summed E-state index contributed by atoms with van der Waals surface area (Å²) in [6, 6.07) is 13.0. The van der Waals surface area contributed by atoms with Crippen molar-refractivity contribution in [2.45, 2.75) is 16.0 Å². The molecule has 0 aliphatic heterocycles. The molecule has 0 aliphatic carbocycles. The Morgan fingerprint density at radius 1 is 1.16 bits per heavy atom. The van der Waals surface area contributed by atoms with Gasteiger partial charge in [0, 0.05) is 34.9 Å². The van der Waals surface area contributed by atoms with E-state index in [4.69, 9.17) is 9.84 Å². The van der Waals surface area contributed by atoms with Gasteiger partial charge in [0.1, 0.15) is 22.7 Å². The highest BCUT2D eigenvalue weighted by Gasteiger charge is 2.16. The van der Waals surface area contributed by atoms with Crippen molar-refractivity contribution in [3.05, 3.63) is 72.6 Å². The molecule has 11 heteroatoms. The van der Waals surface area contributed by atoms with Crippen LogP contribution in [-0.4, -0.2) is 36.1 Å². The predicted molar refractivity (Wildman–Crippen MR) is 114 cm³/mol. The zero-order valence-electron chi connectivity index (χ0n) is 15.8. The molecule has 0 amide bonds. The molecule has 3 heterocycles. The van der Waals surface area contributed by atoms with E-state index in [0.717, 1.165) is 21.5 Å². The highest BCUT2D eigenvalue weighted by Crippen LogP contribution is 2.36. The van der Waals surface area contributed by atoms with Gasteiger partial charge in [0.25, 0.3) is 0 Å². The lowest BCUT2D eigenvalue weighted by Crippen LogP contribution is -2.04. The molecule has 3 N–H and O–H groups in total. The SMILES string of the molecule is OCC(O)c1nsc(Nc2ncc(Sc3ccccn3)cc2Oc2ccc(F)cc2)n1. The molecule has 0 bridgehead atoms. The second kappa shape index (κ2) is 9.79. The Labute approximate surface area is 185 Å². The molecular formula is C20H16FN5O3S2. The Bertz CT molecular complexity index is 1150. The quantitative estimate of drug-likeness (QED) is 0.358. The van der Waals surface area contributed by atoms with E-state index in [2.05, 4.69) is 24.6 Å². The van der Waals surface area contributed by atoms with Crippen LogP contribution in [0.1, 0.15) is 11.9 Å². The summed E-state index contributed by atoms with van der Waals surface area (Å²) in [7, 11) is 0. The normalized spacial score (nSPS) is 11.8. The summed E-state index contributed by atoms with van der Waals surface area (Å²) in [6.07, 6.45) is 2.20. The van der Waals surface area contributed by atoms with Gasteiger partial charge in [-0.1, -0.05) is 17.8 Å². The molecule has 4 aromatic rings. The Balaban J connectivity index is 1.62. The third-order valence-corrected chi connectivity index (χ3v) is 5.42. The summed E-state index contributed by atoms with van der Waals surface area (Å²) >= 11 is 2.42. The molecule has 0 spiro atoms. The molecule has 8 nitrogen and oxygen atoms in total. The molecule has 0 saturated heterocycles. The third kappa shape index (κ3) is 5.52. The number of aliphatic hydroxyl groups excluding tert-OH is 2. The fraction of sp³-hybridized carbons (Fsp3) is 0.100. The molecule has 0 fully saturated rings. The minimum absolute atomic E-state index is 0.110. The Morgan fingerprint density at radius 3 is 2.74 bits per heavy atom. The van der Waals surface area contributed by atoms with E-state index in [9.17, 15) is 9.50 Å². The van der Waals surface area contributed by atoms with Gasteiger partial charge in [0.2, 0.25) is 5.13 Å². The lowest BCUT2D eigenvalue weighted by atomic mass is 10.3. The Morgan fingerprint density at radius 2 is 2.00 bits per heavy atom. The average Bonchev–Trinajstić information content (AvgIpc) is 3.26. The van der Waals surface area contributed by atoms with Crippen molar-refractivity contribution in [1.29, 1.82) is 0 Å². The van der Waals surface area contributed by atoms with E-state index in [-0.39, 0.29) is 11.6 Å². The zero-order valence-corrected chi connectivity index (χ0v) is 17.5. The van der Waals surface area contributed by atoms with E-state index < -0.39 is 12.7 Å². The first kappa shape index (κ1) is 21.1. The minimum atomic E-state index is -1.16. The predicted octanol–water partition coefficient (Wildman–Crippen LogP) is 4.18. The first-order valence-corrected chi connectivity index (χ1v) is 10.6. The van der Waals surface area contributed by atoms with E-state index in [1.165, 1.54) is 36.0 Å². The fourth-order valence-corrected chi connectivity index (χ4v) is 3.81. The van der Waals surface area contributed by atoms with Crippen molar-refractivity contribution in [3.63, 3.8) is 0 Å². The van der Waals surface area contributed by atoms with Crippen molar-refractivity contribution < 1.29 is 19.3 Å². The van der Waals surface area contributed by atoms with Crippen LogP contribution in [0.25, 0.3) is 0 Å². The molecule has 4 rings (SSSR count). The van der Waals surface area contributed by atoms with Crippen molar-refractivity contribution in [2.75, 3.05) is 11.9 Å². The standard InChI is InChI=1S/C20H16FN5O3S2/c21-12-4-6-13(7-5-12)29-16-9-14(30-17-3-1-2-8-22-17)10-23-19(16)25-20-24-18(26-31-20)15(28)11-27/h1-10,15,27-28H,11H2,(H,23,24,25,26). The number of hydrogen-bond donors (Lipinski definition) is 3. The number of benzene rings is 1. The number of hydrogen-bond acceptors (Lipinski definition) is 10.